The van der Waals surface area contributed by atoms with Crippen molar-refractivity contribution in [1.29, 1.82) is 0 Å². The van der Waals surface area contributed by atoms with Crippen LogP contribution in [0.25, 0.3) is 0 Å². The molecular weight excluding hydrogens is 325 g/mol. The van der Waals surface area contributed by atoms with Gasteiger partial charge in [-0.3, -0.25) is 9.59 Å². The van der Waals surface area contributed by atoms with Gasteiger partial charge in [0.1, 0.15) is 0 Å². The van der Waals surface area contributed by atoms with Crippen molar-refractivity contribution in [2.75, 3.05) is 12.4 Å². The molecule has 0 aromatic heterocycles. The highest BCUT2D eigenvalue weighted by Crippen LogP contribution is 2.21. The first kappa shape index (κ1) is 18.4. The smallest absolute Gasteiger partial charge is 0.310 e. The van der Waals surface area contributed by atoms with Gasteiger partial charge in [-0.1, -0.05) is 24.3 Å². The number of halogens is 1. The molecule has 0 saturated carbocycles. The number of aryl methyl sites for hydroxylation is 1. The lowest BCUT2D eigenvalue weighted by Gasteiger charge is -2.10. The fourth-order valence-electron chi connectivity index (χ4n) is 2.38. The molecule has 2 rings (SSSR count). The Balaban J connectivity index is 1.93. The normalized spacial score (nSPS) is 11.6. The summed E-state index contributed by atoms with van der Waals surface area (Å²) >= 11 is 0. The molecule has 2 aromatic rings. The molecule has 1 amide bonds. The highest BCUT2D eigenvalue weighted by molar-refractivity contribution is 5.91. The number of carbonyl (C=O) groups excluding carboxylic acids is 1. The van der Waals surface area contributed by atoms with Crippen molar-refractivity contribution in [3.8, 4) is 5.75 Å². The molecule has 6 heteroatoms. The van der Waals surface area contributed by atoms with Crippen LogP contribution >= 0.6 is 0 Å². The van der Waals surface area contributed by atoms with Crippen LogP contribution in [0, 0.1) is 5.82 Å². The number of anilines is 1. The van der Waals surface area contributed by atoms with E-state index in [1.165, 1.54) is 13.2 Å². The molecule has 5 nitrogen and oxygen atoms in total. The predicted molar refractivity (Wildman–Crippen MR) is 92.4 cm³/mol. The van der Waals surface area contributed by atoms with Crippen LogP contribution in [0.2, 0.25) is 0 Å². The third-order valence-electron chi connectivity index (χ3n) is 3.95. The Kier molecular flexibility index (Phi) is 6.11. The van der Waals surface area contributed by atoms with Crippen molar-refractivity contribution in [2.45, 2.75) is 25.7 Å². The van der Waals surface area contributed by atoms with Crippen LogP contribution in [-0.4, -0.2) is 24.1 Å². The third kappa shape index (κ3) is 4.79. The summed E-state index contributed by atoms with van der Waals surface area (Å²) < 4.78 is 18.9. The minimum Gasteiger partial charge on any atom is -0.494 e. The summed E-state index contributed by atoms with van der Waals surface area (Å²) in [7, 11) is 1.39. The Labute approximate surface area is 145 Å². The first-order chi connectivity index (χ1) is 11.9. The lowest BCUT2D eigenvalue weighted by atomic mass is 10.0. The highest BCUT2D eigenvalue weighted by atomic mass is 19.1. The van der Waals surface area contributed by atoms with Gasteiger partial charge in [0.25, 0.3) is 0 Å². The number of rotatable bonds is 7. The summed E-state index contributed by atoms with van der Waals surface area (Å²) in [6.45, 7) is 1.60. The van der Waals surface area contributed by atoms with Crippen molar-refractivity contribution >= 4 is 17.6 Å². The van der Waals surface area contributed by atoms with Gasteiger partial charge in [0, 0.05) is 12.1 Å². The molecule has 0 fully saturated rings. The van der Waals surface area contributed by atoms with Gasteiger partial charge in [0.05, 0.1) is 13.0 Å². The van der Waals surface area contributed by atoms with Crippen LogP contribution in [0.5, 0.6) is 5.75 Å². The Bertz CT molecular complexity index is 759. The Morgan fingerprint density at radius 3 is 2.48 bits per heavy atom. The molecule has 0 aliphatic carbocycles. The zero-order chi connectivity index (χ0) is 18.4. The van der Waals surface area contributed by atoms with E-state index in [0.717, 1.165) is 0 Å². The fraction of sp³-hybridized carbons (Fsp3) is 0.263. The summed E-state index contributed by atoms with van der Waals surface area (Å²) in [5.41, 5.74) is 1.64. The Morgan fingerprint density at radius 1 is 1.20 bits per heavy atom. The molecule has 1 unspecified atom stereocenters. The maximum Gasteiger partial charge on any atom is 0.310 e. The first-order valence-corrected chi connectivity index (χ1v) is 7.86. The van der Waals surface area contributed by atoms with E-state index < -0.39 is 17.7 Å². The van der Waals surface area contributed by atoms with Gasteiger partial charge in [-0.15, -0.1) is 0 Å². The lowest BCUT2D eigenvalue weighted by molar-refractivity contribution is -0.138. The largest absolute Gasteiger partial charge is 0.494 e. The molecule has 0 saturated heterocycles. The second-order valence-corrected chi connectivity index (χ2v) is 5.66. The van der Waals surface area contributed by atoms with Gasteiger partial charge in [-0.05, 0) is 42.7 Å². The maximum atomic E-state index is 14.0. The maximum absolute atomic E-state index is 14.0. The van der Waals surface area contributed by atoms with Crippen LogP contribution in [0.1, 0.15) is 30.4 Å². The van der Waals surface area contributed by atoms with Gasteiger partial charge in [-0.25, -0.2) is 4.39 Å². The topological polar surface area (TPSA) is 75.6 Å². The number of hydrogen-bond donors (Lipinski definition) is 2. The number of amides is 1. The molecule has 0 aliphatic heterocycles. The van der Waals surface area contributed by atoms with E-state index in [0.29, 0.717) is 16.8 Å². The van der Waals surface area contributed by atoms with Crippen molar-refractivity contribution in [3.05, 3.63) is 59.4 Å². The number of benzene rings is 2. The highest BCUT2D eigenvalue weighted by Gasteiger charge is 2.14. The summed E-state index contributed by atoms with van der Waals surface area (Å²) in [6, 6.07) is 11.5. The van der Waals surface area contributed by atoms with Gasteiger partial charge in [0.2, 0.25) is 5.91 Å². The van der Waals surface area contributed by atoms with Crippen LogP contribution in [0.3, 0.4) is 0 Å². The zero-order valence-electron chi connectivity index (χ0n) is 14.1. The van der Waals surface area contributed by atoms with E-state index in [4.69, 9.17) is 9.84 Å². The average Bonchev–Trinajstić information content (AvgIpc) is 2.60. The number of ether oxygens (including phenoxy) is 1. The molecule has 0 bridgehead atoms. The van der Waals surface area contributed by atoms with E-state index >= 15 is 0 Å². The molecule has 2 aromatic carbocycles. The number of carboxylic acid groups (broad SMARTS) is 1. The molecule has 0 radical (unpaired) electrons. The van der Waals surface area contributed by atoms with E-state index in [2.05, 4.69) is 5.32 Å². The van der Waals surface area contributed by atoms with Crippen molar-refractivity contribution < 1.29 is 23.8 Å². The third-order valence-corrected chi connectivity index (χ3v) is 3.95. The van der Waals surface area contributed by atoms with Crippen molar-refractivity contribution in [3.63, 3.8) is 0 Å². The second-order valence-electron chi connectivity index (χ2n) is 5.66. The minimum atomic E-state index is -0.905. The molecule has 1 atom stereocenters. The van der Waals surface area contributed by atoms with Crippen LogP contribution in [0.15, 0.2) is 42.5 Å². The number of nitrogens with one attached hydrogen (secondary N) is 1. The zero-order valence-corrected chi connectivity index (χ0v) is 14.1. The van der Waals surface area contributed by atoms with E-state index in [9.17, 15) is 14.0 Å². The standard InChI is InChI=1S/C19H20FNO4/c1-12(19(23)24)13-6-9-15(10-7-13)21-17(22)11-8-14-4-3-5-16(25-2)18(14)20/h3-7,9-10,12H,8,11H2,1-2H3,(H,21,22)(H,23,24). The number of aliphatic carboxylic acids is 1. The molecule has 132 valence electrons. The molecule has 25 heavy (non-hydrogen) atoms. The summed E-state index contributed by atoms with van der Waals surface area (Å²) in [4.78, 5) is 23.0. The second kappa shape index (κ2) is 8.28. The Morgan fingerprint density at radius 2 is 1.88 bits per heavy atom. The van der Waals surface area contributed by atoms with Crippen LogP contribution in [0.4, 0.5) is 10.1 Å². The fourth-order valence-corrected chi connectivity index (χ4v) is 2.38. The summed E-state index contributed by atoms with van der Waals surface area (Å²) in [6.07, 6.45) is 0.375. The molecule has 2 N–H and O–H groups in total. The van der Waals surface area contributed by atoms with Gasteiger partial charge >= 0.3 is 5.97 Å². The van der Waals surface area contributed by atoms with Crippen molar-refractivity contribution in [2.24, 2.45) is 0 Å². The van der Waals surface area contributed by atoms with Gasteiger partial charge in [0.15, 0.2) is 11.6 Å². The van der Waals surface area contributed by atoms with E-state index in [1.54, 1.807) is 43.3 Å². The first-order valence-electron chi connectivity index (χ1n) is 7.86. The van der Waals surface area contributed by atoms with E-state index in [1.807, 2.05) is 0 Å². The monoisotopic (exact) mass is 345 g/mol. The molecule has 0 spiro atoms. The Hall–Kier alpha value is -2.89. The predicted octanol–water partition coefficient (Wildman–Crippen LogP) is 3.59. The van der Waals surface area contributed by atoms with E-state index in [-0.39, 0.29) is 24.5 Å². The summed E-state index contributed by atoms with van der Waals surface area (Å²) in [5.74, 6) is -2.06. The van der Waals surface area contributed by atoms with Crippen LogP contribution in [-0.2, 0) is 16.0 Å². The van der Waals surface area contributed by atoms with Crippen LogP contribution < -0.4 is 10.1 Å². The number of carbonyl (C=O) groups is 2. The average molecular weight is 345 g/mol. The quantitative estimate of drug-likeness (QED) is 0.804. The number of methoxy groups -OCH3 is 1. The van der Waals surface area contributed by atoms with Gasteiger partial charge in [-0.2, -0.15) is 0 Å². The SMILES string of the molecule is COc1cccc(CCC(=O)Nc2ccc(C(C)C(=O)O)cc2)c1F. The molecule has 0 aliphatic rings. The van der Waals surface area contributed by atoms with Gasteiger partial charge < -0.3 is 15.2 Å². The number of hydrogen-bond acceptors (Lipinski definition) is 3. The van der Waals surface area contributed by atoms with Crippen molar-refractivity contribution in [1.82, 2.24) is 0 Å². The number of carboxylic acids is 1. The molecule has 0 heterocycles. The molecular formula is C19H20FNO4. The lowest BCUT2D eigenvalue weighted by Crippen LogP contribution is -2.13. The minimum absolute atomic E-state index is 0.122. The summed E-state index contributed by atoms with van der Waals surface area (Å²) in [5, 5.41) is 11.7.